The molecule has 0 saturated carbocycles. The minimum Gasteiger partial charge on any atom is -0.316 e. The van der Waals surface area contributed by atoms with Crippen molar-refractivity contribution >= 4 is 10.0 Å². The summed E-state index contributed by atoms with van der Waals surface area (Å²) in [7, 11) is -3.10. The summed E-state index contributed by atoms with van der Waals surface area (Å²) in [6, 6.07) is 0.0451. The topological polar surface area (TPSA) is 58.2 Å². The Hall–Kier alpha value is -0.130. The summed E-state index contributed by atoms with van der Waals surface area (Å²) >= 11 is 0. The largest absolute Gasteiger partial charge is 0.316 e. The lowest BCUT2D eigenvalue weighted by Crippen LogP contribution is -2.40. The van der Waals surface area contributed by atoms with Gasteiger partial charge in [0.2, 0.25) is 10.0 Å². The van der Waals surface area contributed by atoms with Crippen molar-refractivity contribution in [3.8, 4) is 0 Å². The molecule has 15 heavy (non-hydrogen) atoms. The number of hydrogen-bond acceptors (Lipinski definition) is 3. The summed E-state index contributed by atoms with van der Waals surface area (Å²) in [5, 5.41) is 3.24. The van der Waals surface area contributed by atoms with E-state index in [1.807, 2.05) is 20.8 Å². The summed E-state index contributed by atoms with van der Waals surface area (Å²) in [4.78, 5) is 0. The summed E-state index contributed by atoms with van der Waals surface area (Å²) in [6.45, 7) is 7.71. The van der Waals surface area contributed by atoms with Crippen molar-refractivity contribution in [2.45, 2.75) is 33.2 Å². The molecule has 2 unspecified atom stereocenters. The number of sulfonamides is 1. The molecule has 4 nitrogen and oxygen atoms in total. The third-order valence-electron chi connectivity index (χ3n) is 2.72. The van der Waals surface area contributed by atoms with Crippen molar-refractivity contribution in [2.24, 2.45) is 11.8 Å². The second kappa shape index (κ2) is 5.27. The van der Waals surface area contributed by atoms with E-state index in [9.17, 15) is 8.42 Å². The highest BCUT2D eigenvalue weighted by Crippen LogP contribution is 2.13. The second-order valence-electron chi connectivity index (χ2n) is 4.83. The van der Waals surface area contributed by atoms with Gasteiger partial charge in [-0.2, -0.15) is 0 Å². The van der Waals surface area contributed by atoms with Crippen molar-refractivity contribution in [1.29, 1.82) is 0 Å². The van der Waals surface area contributed by atoms with Crippen LogP contribution in [-0.4, -0.2) is 33.3 Å². The van der Waals surface area contributed by atoms with Crippen molar-refractivity contribution in [1.82, 2.24) is 10.0 Å². The lowest BCUT2D eigenvalue weighted by atomic mass is 10.0. The van der Waals surface area contributed by atoms with E-state index in [0.29, 0.717) is 5.92 Å². The van der Waals surface area contributed by atoms with Crippen molar-refractivity contribution < 1.29 is 8.42 Å². The molecule has 0 radical (unpaired) electrons. The Kier molecular flexibility index (Phi) is 4.55. The van der Waals surface area contributed by atoms with Crippen LogP contribution in [0.3, 0.4) is 0 Å². The van der Waals surface area contributed by atoms with Crippen LogP contribution in [0.15, 0.2) is 0 Å². The predicted octanol–water partition coefficient (Wildman–Crippen LogP) is 0.560. The first kappa shape index (κ1) is 12.9. The predicted molar refractivity (Wildman–Crippen MR) is 62.2 cm³/mol. The van der Waals surface area contributed by atoms with Crippen molar-refractivity contribution in [2.75, 3.05) is 18.8 Å². The maximum absolute atomic E-state index is 11.7. The van der Waals surface area contributed by atoms with Gasteiger partial charge in [-0.3, -0.25) is 0 Å². The zero-order chi connectivity index (χ0) is 11.5. The highest BCUT2D eigenvalue weighted by Gasteiger charge is 2.25. The molecule has 0 aromatic heterocycles. The van der Waals surface area contributed by atoms with Gasteiger partial charge in [0.05, 0.1) is 5.75 Å². The van der Waals surface area contributed by atoms with Crippen LogP contribution in [0.5, 0.6) is 0 Å². The van der Waals surface area contributed by atoms with Gasteiger partial charge in [0, 0.05) is 6.04 Å². The maximum Gasteiger partial charge on any atom is 0.212 e. The zero-order valence-electron chi connectivity index (χ0n) is 9.79. The first-order chi connectivity index (χ1) is 6.91. The SMILES string of the molecule is CC(C)CS(=O)(=O)NC(C)C1CCNC1. The first-order valence-electron chi connectivity index (χ1n) is 5.61. The third-order valence-corrected chi connectivity index (χ3v) is 4.56. The molecule has 1 rings (SSSR count). The number of rotatable bonds is 5. The summed E-state index contributed by atoms with van der Waals surface area (Å²) in [6.07, 6.45) is 1.06. The minimum atomic E-state index is -3.10. The molecule has 5 heteroatoms. The fraction of sp³-hybridized carbons (Fsp3) is 1.00. The zero-order valence-corrected chi connectivity index (χ0v) is 10.6. The standard InChI is InChI=1S/C10H22N2O2S/c1-8(2)7-15(13,14)12-9(3)10-4-5-11-6-10/h8-12H,4-7H2,1-3H3. The monoisotopic (exact) mass is 234 g/mol. The second-order valence-corrected chi connectivity index (χ2v) is 6.63. The van der Waals surface area contributed by atoms with Crippen LogP contribution in [0.2, 0.25) is 0 Å². The van der Waals surface area contributed by atoms with Crippen molar-refractivity contribution in [3.05, 3.63) is 0 Å². The Morgan fingerprint density at radius 1 is 1.40 bits per heavy atom. The molecular formula is C10H22N2O2S. The summed E-state index contributed by atoms with van der Waals surface area (Å²) in [5.41, 5.74) is 0. The summed E-state index contributed by atoms with van der Waals surface area (Å²) < 4.78 is 26.1. The van der Waals surface area contributed by atoms with E-state index >= 15 is 0 Å². The number of nitrogens with one attached hydrogen (secondary N) is 2. The van der Waals surface area contributed by atoms with E-state index in [1.165, 1.54) is 0 Å². The average Bonchev–Trinajstić information content (AvgIpc) is 2.50. The normalized spacial score (nSPS) is 24.7. The maximum atomic E-state index is 11.7. The molecule has 1 saturated heterocycles. The molecule has 1 aliphatic rings. The molecule has 0 bridgehead atoms. The highest BCUT2D eigenvalue weighted by atomic mass is 32.2. The van der Waals surface area contributed by atoms with Crippen LogP contribution in [-0.2, 0) is 10.0 Å². The van der Waals surface area contributed by atoms with Gasteiger partial charge in [-0.25, -0.2) is 13.1 Å². The average molecular weight is 234 g/mol. The first-order valence-corrected chi connectivity index (χ1v) is 7.26. The fourth-order valence-electron chi connectivity index (χ4n) is 1.97. The van der Waals surface area contributed by atoms with Gasteiger partial charge in [-0.1, -0.05) is 13.8 Å². The van der Waals surface area contributed by atoms with E-state index in [-0.39, 0.29) is 17.7 Å². The molecule has 0 aromatic carbocycles. The third kappa shape index (κ3) is 4.49. The fourth-order valence-corrected chi connectivity index (χ4v) is 3.70. The van der Waals surface area contributed by atoms with Gasteiger partial charge in [0.1, 0.15) is 0 Å². The molecule has 0 amide bonds. The summed E-state index contributed by atoms with van der Waals surface area (Å²) in [5.74, 6) is 0.834. The number of hydrogen-bond donors (Lipinski definition) is 2. The van der Waals surface area contributed by atoms with Gasteiger partial charge in [-0.15, -0.1) is 0 Å². The smallest absolute Gasteiger partial charge is 0.212 e. The molecule has 0 aliphatic carbocycles. The molecule has 90 valence electrons. The molecule has 1 aliphatic heterocycles. The van der Waals surface area contributed by atoms with E-state index in [0.717, 1.165) is 19.5 Å². The van der Waals surface area contributed by atoms with Gasteiger partial charge < -0.3 is 5.32 Å². The Morgan fingerprint density at radius 2 is 2.07 bits per heavy atom. The van der Waals surface area contributed by atoms with E-state index < -0.39 is 10.0 Å². The molecule has 2 atom stereocenters. The minimum absolute atomic E-state index is 0.0451. The molecule has 1 heterocycles. The lowest BCUT2D eigenvalue weighted by Gasteiger charge is -2.20. The van der Waals surface area contributed by atoms with Gasteiger partial charge in [0.25, 0.3) is 0 Å². The molecule has 0 spiro atoms. The van der Waals surface area contributed by atoms with Crippen LogP contribution in [0, 0.1) is 11.8 Å². The van der Waals surface area contributed by atoms with E-state index in [2.05, 4.69) is 10.0 Å². The van der Waals surface area contributed by atoms with Gasteiger partial charge >= 0.3 is 0 Å². The Morgan fingerprint density at radius 3 is 2.53 bits per heavy atom. The molecule has 1 fully saturated rings. The molecular weight excluding hydrogens is 212 g/mol. The van der Waals surface area contributed by atoms with Crippen LogP contribution >= 0.6 is 0 Å². The van der Waals surface area contributed by atoms with Crippen LogP contribution < -0.4 is 10.0 Å². The van der Waals surface area contributed by atoms with E-state index in [4.69, 9.17) is 0 Å². The van der Waals surface area contributed by atoms with Crippen LogP contribution in [0.1, 0.15) is 27.2 Å². The quantitative estimate of drug-likeness (QED) is 0.731. The van der Waals surface area contributed by atoms with Crippen molar-refractivity contribution in [3.63, 3.8) is 0 Å². The van der Waals surface area contributed by atoms with Crippen LogP contribution in [0.4, 0.5) is 0 Å². The molecule has 2 N–H and O–H groups in total. The lowest BCUT2D eigenvalue weighted by molar-refractivity contribution is 0.442. The van der Waals surface area contributed by atoms with E-state index in [1.54, 1.807) is 0 Å². The Labute approximate surface area is 92.9 Å². The highest BCUT2D eigenvalue weighted by molar-refractivity contribution is 7.89. The Balaban J connectivity index is 2.45. The Bertz CT molecular complexity index is 282. The van der Waals surface area contributed by atoms with Crippen LogP contribution in [0.25, 0.3) is 0 Å². The van der Waals surface area contributed by atoms with Gasteiger partial charge in [0.15, 0.2) is 0 Å². The van der Waals surface area contributed by atoms with Gasteiger partial charge in [-0.05, 0) is 38.3 Å². The molecule has 0 aromatic rings.